The monoisotopic (exact) mass is 332 g/mol. The van der Waals surface area contributed by atoms with Crippen LogP contribution in [0.3, 0.4) is 0 Å². The smallest absolute Gasteiger partial charge is 0.343 e. The Kier molecular flexibility index (Phi) is 3.32. The van der Waals surface area contributed by atoms with Crippen LogP contribution < -0.4 is 4.74 Å². The molecule has 6 nitrogen and oxygen atoms in total. The fraction of sp³-hybridized carbons (Fsp3) is 0.0526. The fourth-order valence-electron chi connectivity index (χ4n) is 2.78. The zero-order valence-electron chi connectivity index (χ0n) is 13.2. The largest absolute Gasteiger partial charge is 0.423 e. The van der Waals surface area contributed by atoms with Crippen LogP contribution in [0.4, 0.5) is 0 Å². The normalized spacial score (nSPS) is 13.2. The van der Waals surface area contributed by atoms with Gasteiger partial charge in [-0.25, -0.2) is 4.79 Å². The van der Waals surface area contributed by atoms with E-state index in [2.05, 4.69) is 4.98 Å². The molecule has 3 aromatic rings. The van der Waals surface area contributed by atoms with Gasteiger partial charge in [0, 0.05) is 24.8 Å². The Balaban J connectivity index is 1.63. The number of carbonyl (C=O) groups excluding carboxylic acids is 3. The van der Waals surface area contributed by atoms with Crippen molar-refractivity contribution in [3.8, 4) is 5.75 Å². The third kappa shape index (κ3) is 2.44. The summed E-state index contributed by atoms with van der Waals surface area (Å²) in [7, 11) is 1.41. The molecule has 0 saturated heterocycles. The number of hydrogen-bond donors (Lipinski definition) is 0. The summed E-state index contributed by atoms with van der Waals surface area (Å²) < 4.78 is 5.38. The molecule has 2 amide bonds. The summed E-state index contributed by atoms with van der Waals surface area (Å²) in [5, 5.41) is 1.84. The lowest BCUT2D eigenvalue weighted by Gasteiger charge is -2.06. The van der Waals surface area contributed by atoms with Gasteiger partial charge in [0.2, 0.25) is 0 Å². The van der Waals surface area contributed by atoms with Crippen LogP contribution in [0.25, 0.3) is 10.8 Å². The molecule has 1 aromatic heterocycles. The van der Waals surface area contributed by atoms with Gasteiger partial charge in [-0.2, -0.15) is 0 Å². The molecule has 2 aromatic carbocycles. The van der Waals surface area contributed by atoms with E-state index >= 15 is 0 Å². The second-order valence-corrected chi connectivity index (χ2v) is 5.70. The highest BCUT2D eigenvalue weighted by molar-refractivity contribution is 6.21. The first-order valence-corrected chi connectivity index (χ1v) is 7.57. The highest BCUT2D eigenvalue weighted by atomic mass is 16.5. The van der Waals surface area contributed by atoms with E-state index in [0.717, 1.165) is 15.7 Å². The Hall–Kier alpha value is -3.54. The van der Waals surface area contributed by atoms with Crippen molar-refractivity contribution in [1.82, 2.24) is 9.88 Å². The third-order valence-corrected chi connectivity index (χ3v) is 4.15. The summed E-state index contributed by atoms with van der Waals surface area (Å²) in [5.74, 6) is -1.01. The molecule has 1 aliphatic heterocycles. The van der Waals surface area contributed by atoms with E-state index in [1.807, 2.05) is 12.1 Å². The number of nitrogens with zero attached hydrogens (tertiary/aromatic N) is 2. The maximum Gasteiger partial charge on any atom is 0.343 e. The molecule has 0 saturated carbocycles. The van der Waals surface area contributed by atoms with Crippen molar-refractivity contribution >= 4 is 28.6 Å². The zero-order chi connectivity index (χ0) is 17.6. The molecule has 0 atom stereocenters. The lowest BCUT2D eigenvalue weighted by atomic mass is 10.1. The number of carbonyl (C=O) groups is 3. The van der Waals surface area contributed by atoms with Crippen molar-refractivity contribution in [3.05, 3.63) is 71.5 Å². The predicted molar refractivity (Wildman–Crippen MR) is 89.6 cm³/mol. The molecule has 0 fully saturated rings. The van der Waals surface area contributed by atoms with Gasteiger partial charge < -0.3 is 4.74 Å². The Morgan fingerprint density at radius 1 is 0.960 bits per heavy atom. The Labute approximate surface area is 142 Å². The van der Waals surface area contributed by atoms with Crippen LogP contribution in [0, 0.1) is 0 Å². The topological polar surface area (TPSA) is 76.6 Å². The van der Waals surface area contributed by atoms with Crippen LogP contribution in [-0.4, -0.2) is 34.7 Å². The van der Waals surface area contributed by atoms with E-state index in [4.69, 9.17) is 4.74 Å². The molecule has 0 unspecified atom stereocenters. The average Bonchev–Trinajstić information content (AvgIpc) is 2.85. The minimum absolute atomic E-state index is 0.210. The van der Waals surface area contributed by atoms with Crippen LogP contribution in [0.15, 0.2) is 54.9 Å². The molecular weight excluding hydrogens is 320 g/mol. The molecule has 0 spiro atoms. The van der Waals surface area contributed by atoms with E-state index in [0.29, 0.717) is 11.3 Å². The summed E-state index contributed by atoms with van der Waals surface area (Å²) in [6.45, 7) is 0. The van der Waals surface area contributed by atoms with Gasteiger partial charge in [-0.05, 0) is 41.8 Å². The minimum atomic E-state index is -0.596. The average molecular weight is 332 g/mol. The van der Waals surface area contributed by atoms with Gasteiger partial charge in [0.05, 0.1) is 16.7 Å². The second-order valence-electron chi connectivity index (χ2n) is 5.70. The minimum Gasteiger partial charge on any atom is -0.423 e. The van der Waals surface area contributed by atoms with Crippen molar-refractivity contribution in [2.24, 2.45) is 0 Å². The number of hydrogen-bond acceptors (Lipinski definition) is 5. The number of amides is 2. The molecule has 6 heteroatoms. The first kappa shape index (κ1) is 15.0. The van der Waals surface area contributed by atoms with E-state index in [1.165, 1.54) is 25.2 Å². The van der Waals surface area contributed by atoms with Crippen LogP contribution in [0.2, 0.25) is 0 Å². The predicted octanol–water partition coefficient (Wildman–Crippen LogP) is 2.68. The van der Waals surface area contributed by atoms with Crippen LogP contribution in [0.5, 0.6) is 5.75 Å². The second kappa shape index (κ2) is 5.52. The van der Waals surface area contributed by atoms with Gasteiger partial charge in [0.25, 0.3) is 11.8 Å². The molecule has 2 heterocycles. The lowest BCUT2D eigenvalue weighted by Crippen LogP contribution is -2.24. The summed E-state index contributed by atoms with van der Waals surface area (Å²) in [6, 6.07) is 11.4. The number of benzene rings is 2. The molecule has 0 aliphatic carbocycles. The van der Waals surface area contributed by atoms with Crippen LogP contribution in [-0.2, 0) is 0 Å². The molecule has 122 valence electrons. The van der Waals surface area contributed by atoms with Gasteiger partial charge in [0.15, 0.2) is 0 Å². The van der Waals surface area contributed by atoms with Crippen LogP contribution in [0.1, 0.15) is 31.1 Å². The van der Waals surface area contributed by atoms with Crippen molar-refractivity contribution in [3.63, 3.8) is 0 Å². The first-order chi connectivity index (χ1) is 12.0. The first-order valence-electron chi connectivity index (χ1n) is 7.57. The third-order valence-electron chi connectivity index (χ3n) is 4.15. The lowest BCUT2D eigenvalue weighted by molar-refractivity contribution is 0.0691. The zero-order valence-corrected chi connectivity index (χ0v) is 13.2. The molecule has 4 rings (SSSR count). The summed E-state index contributed by atoms with van der Waals surface area (Å²) in [5.41, 5.74) is 0.715. The molecule has 0 radical (unpaired) electrons. The Morgan fingerprint density at radius 3 is 2.60 bits per heavy atom. The Morgan fingerprint density at radius 2 is 1.76 bits per heavy atom. The number of esters is 1. The number of fused-ring (bicyclic) bond motifs is 2. The maximum absolute atomic E-state index is 12.4. The van der Waals surface area contributed by atoms with Gasteiger partial charge in [-0.15, -0.1) is 0 Å². The summed E-state index contributed by atoms with van der Waals surface area (Å²) in [6.07, 6.45) is 3.37. The number of pyridine rings is 1. The number of aromatic nitrogens is 1. The number of imide groups is 1. The van der Waals surface area contributed by atoms with Crippen molar-refractivity contribution in [2.75, 3.05) is 7.05 Å². The van der Waals surface area contributed by atoms with Gasteiger partial charge in [0.1, 0.15) is 5.75 Å². The van der Waals surface area contributed by atoms with Gasteiger partial charge >= 0.3 is 5.97 Å². The highest BCUT2D eigenvalue weighted by Crippen LogP contribution is 2.24. The maximum atomic E-state index is 12.4. The van der Waals surface area contributed by atoms with Gasteiger partial charge in [-0.1, -0.05) is 6.07 Å². The number of ether oxygens (including phenoxy) is 1. The highest BCUT2D eigenvalue weighted by Gasteiger charge is 2.33. The standard InChI is InChI=1S/C19H12N2O4/c1-21-17(22)15-5-3-12(9-16(15)18(21)23)19(24)25-14-4-2-11-6-7-20-10-13(11)8-14/h2-10H,1H3. The fourth-order valence-corrected chi connectivity index (χ4v) is 2.78. The molecule has 25 heavy (non-hydrogen) atoms. The van der Waals surface area contributed by atoms with E-state index in [1.54, 1.807) is 24.5 Å². The summed E-state index contributed by atoms with van der Waals surface area (Å²) >= 11 is 0. The van der Waals surface area contributed by atoms with Crippen LogP contribution >= 0.6 is 0 Å². The van der Waals surface area contributed by atoms with Gasteiger partial charge in [-0.3, -0.25) is 19.5 Å². The molecular formula is C19H12N2O4. The van der Waals surface area contributed by atoms with E-state index in [9.17, 15) is 14.4 Å². The SMILES string of the molecule is CN1C(=O)c2ccc(C(=O)Oc3ccc4ccncc4c3)cc2C1=O. The quantitative estimate of drug-likeness (QED) is 0.410. The van der Waals surface area contributed by atoms with Crippen molar-refractivity contribution in [2.45, 2.75) is 0 Å². The van der Waals surface area contributed by atoms with E-state index < -0.39 is 11.9 Å². The molecule has 0 bridgehead atoms. The van der Waals surface area contributed by atoms with Crippen molar-refractivity contribution < 1.29 is 19.1 Å². The number of rotatable bonds is 2. The van der Waals surface area contributed by atoms with Crippen molar-refractivity contribution in [1.29, 1.82) is 0 Å². The van der Waals surface area contributed by atoms with E-state index in [-0.39, 0.29) is 17.0 Å². The summed E-state index contributed by atoms with van der Waals surface area (Å²) in [4.78, 5) is 41.4. The molecule has 1 aliphatic rings. The Bertz CT molecular complexity index is 1060. The molecule has 0 N–H and O–H groups in total.